The molecule has 1 aliphatic rings. The minimum atomic E-state index is 1.10. The van der Waals surface area contributed by atoms with Gasteiger partial charge in [-0.1, -0.05) is 61.7 Å². The van der Waals surface area contributed by atoms with Crippen LogP contribution < -0.4 is 0 Å². The van der Waals surface area contributed by atoms with Crippen molar-refractivity contribution < 1.29 is 0 Å². The first-order chi connectivity index (χ1) is 11.3. The summed E-state index contributed by atoms with van der Waals surface area (Å²) < 4.78 is 2.37. The van der Waals surface area contributed by atoms with Crippen molar-refractivity contribution in [2.45, 2.75) is 12.8 Å². The highest BCUT2D eigenvalue weighted by molar-refractivity contribution is 5.91. The Morgan fingerprint density at radius 2 is 1.83 bits per heavy atom. The zero-order chi connectivity index (χ0) is 15.8. The molecule has 0 saturated heterocycles. The van der Waals surface area contributed by atoms with Crippen molar-refractivity contribution in [1.82, 2.24) is 4.57 Å². The molecule has 0 amide bonds. The molecule has 112 valence electrons. The Kier molecular flexibility index (Phi) is 3.27. The fraction of sp³-hybridized carbons (Fsp3) is 0.0909. The molecular weight excluding hydrogens is 278 g/mol. The van der Waals surface area contributed by atoms with Crippen molar-refractivity contribution in [3.63, 3.8) is 0 Å². The van der Waals surface area contributed by atoms with Crippen molar-refractivity contribution in [2.24, 2.45) is 0 Å². The van der Waals surface area contributed by atoms with Gasteiger partial charge >= 0.3 is 0 Å². The lowest BCUT2D eigenvalue weighted by Gasteiger charge is -2.16. The van der Waals surface area contributed by atoms with Gasteiger partial charge in [0.15, 0.2) is 0 Å². The maximum absolute atomic E-state index is 4.02. The van der Waals surface area contributed by atoms with E-state index < -0.39 is 0 Å². The number of aryl methyl sites for hydroxylation is 1. The molecule has 0 fully saturated rings. The van der Waals surface area contributed by atoms with E-state index in [-0.39, 0.29) is 0 Å². The van der Waals surface area contributed by atoms with E-state index in [2.05, 4.69) is 72.3 Å². The maximum atomic E-state index is 4.02. The van der Waals surface area contributed by atoms with Gasteiger partial charge in [0.2, 0.25) is 0 Å². The molecule has 0 spiro atoms. The van der Waals surface area contributed by atoms with Crippen molar-refractivity contribution in [3.8, 4) is 5.69 Å². The summed E-state index contributed by atoms with van der Waals surface area (Å²) >= 11 is 0. The van der Waals surface area contributed by atoms with Crippen molar-refractivity contribution in [3.05, 3.63) is 84.1 Å². The highest BCUT2D eigenvalue weighted by atomic mass is 15.0. The van der Waals surface area contributed by atoms with Crippen molar-refractivity contribution in [1.29, 1.82) is 0 Å². The first-order valence-corrected chi connectivity index (χ1v) is 8.02. The number of allylic oxidation sites excluding steroid dienone is 1. The molecule has 4 rings (SSSR count). The van der Waals surface area contributed by atoms with Gasteiger partial charge in [0.1, 0.15) is 0 Å². The lowest BCUT2D eigenvalue weighted by molar-refractivity contribution is 0.967. The number of nitrogens with zero attached hydrogens (tertiary/aromatic N) is 1. The van der Waals surface area contributed by atoms with Crippen LogP contribution in [0.15, 0.2) is 61.7 Å². The van der Waals surface area contributed by atoms with E-state index in [0.29, 0.717) is 0 Å². The molecule has 0 unspecified atom stereocenters. The van der Waals surface area contributed by atoms with Crippen LogP contribution in [0.1, 0.15) is 28.8 Å². The number of benzene rings is 2. The topological polar surface area (TPSA) is 4.93 Å². The van der Waals surface area contributed by atoms with Gasteiger partial charge < -0.3 is 4.57 Å². The summed E-state index contributed by atoms with van der Waals surface area (Å²) in [6, 6.07) is 15.0. The summed E-state index contributed by atoms with van der Waals surface area (Å²) in [7, 11) is 0. The van der Waals surface area contributed by atoms with Gasteiger partial charge in [-0.25, -0.2) is 0 Å². The van der Waals surface area contributed by atoms with Gasteiger partial charge in [0.05, 0.1) is 11.2 Å². The van der Waals surface area contributed by atoms with Crippen LogP contribution in [0.4, 0.5) is 0 Å². The van der Waals surface area contributed by atoms with Crippen LogP contribution in [-0.4, -0.2) is 4.57 Å². The molecule has 3 aromatic rings. The molecular formula is C22H19N. The third kappa shape index (κ3) is 2.01. The molecule has 0 radical (unpaired) electrons. The molecule has 0 atom stereocenters. The highest BCUT2D eigenvalue weighted by Crippen LogP contribution is 2.35. The molecule has 1 nitrogen and oxygen atoms in total. The second-order valence-corrected chi connectivity index (χ2v) is 5.85. The first kappa shape index (κ1) is 13.8. The SMILES string of the molecule is C=Cc1cccc(-n2c3c(c4ccccc42)CCC=C3)c1C=C. The number of aromatic nitrogens is 1. The molecule has 1 heteroatoms. The van der Waals surface area contributed by atoms with Crippen LogP contribution in [0, 0.1) is 0 Å². The summed E-state index contributed by atoms with van der Waals surface area (Å²) in [5, 5.41) is 1.35. The summed E-state index contributed by atoms with van der Waals surface area (Å²) in [5.74, 6) is 0. The quantitative estimate of drug-likeness (QED) is 0.569. The van der Waals surface area contributed by atoms with Crippen LogP contribution >= 0.6 is 0 Å². The number of rotatable bonds is 3. The standard InChI is InChI=1S/C22H19N/c1-3-16-10-9-15-20(17(16)4-2)23-21-13-7-5-11-18(21)19-12-6-8-14-22(19)23/h3-5,7-11,13-15H,1-2,6,12H2. The second kappa shape index (κ2) is 5.44. The Hall–Kier alpha value is -2.80. The largest absolute Gasteiger partial charge is 0.309 e. The molecule has 0 N–H and O–H groups in total. The minimum absolute atomic E-state index is 1.10. The van der Waals surface area contributed by atoms with Crippen molar-refractivity contribution >= 4 is 29.1 Å². The van der Waals surface area contributed by atoms with Crippen LogP contribution in [0.5, 0.6) is 0 Å². The van der Waals surface area contributed by atoms with Crippen LogP contribution in [-0.2, 0) is 6.42 Å². The van der Waals surface area contributed by atoms with Crippen LogP contribution in [0.3, 0.4) is 0 Å². The van der Waals surface area contributed by atoms with Gasteiger partial charge in [-0.3, -0.25) is 0 Å². The molecule has 23 heavy (non-hydrogen) atoms. The Balaban J connectivity index is 2.14. The monoisotopic (exact) mass is 297 g/mol. The smallest absolute Gasteiger partial charge is 0.0540 e. The molecule has 2 aromatic carbocycles. The molecule has 0 saturated carbocycles. The average molecular weight is 297 g/mol. The third-order valence-electron chi connectivity index (χ3n) is 4.64. The van der Waals surface area contributed by atoms with E-state index in [0.717, 1.165) is 24.0 Å². The van der Waals surface area contributed by atoms with E-state index in [4.69, 9.17) is 0 Å². The molecule has 0 aliphatic heterocycles. The lowest BCUT2D eigenvalue weighted by atomic mass is 10.0. The number of para-hydroxylation sites is 1. The summed E-state index contributed by atoms with van der Waals surface area (Å²) in [6.07, 6.45) is 10.6. The zero-order valence-corrected chi connectivity index (χ0v) is 13.1. The van der Waals surface area contributed by atoms with Gasteiger partial charge in [0, 0.05) is 16.6 Å². The summed E-state index contributed by atoms with van der Waals surface area (Å²) in [4.78, 5) is 0. The summed E-state index contributed by atoms with van der Waals surface area (Å²) in [6.45, 7) is 7.96. The Morgan fingerprint density at radius 1 is 0.957 bits per heavy atom. The van der Waals surface area contributed by atoms with Gasteiger partial charge in [-0.2, -0.15) is 0 Å². The van der Waals surface area contributed by atoms with E-state index in [9.17, 15) is 0 Å². The van der Waals surface area contributed by atoms with Crippen LogP contribution in [0.25, 0.3) is 34.8 Å². The Bertz CT molecular complexity index is 954. The molecule has 1 aliphatic carbocycles. The highest BCUT2D eigenvalue weighted by Gasteiger charge is 2.19. The fourth-order valence-corrected chi connectivity index (χ4v) is 3.61. The molecule has 1 aromatic heterocycles. The third-order valence-corrected chi connectivity index (χ3v) is 4.64. The van der Waals surface area contributed by atoms with Crippen molar-refractivity contribution in [2.75, 3.05) is 0 Å². The molecule has 0 bridgehead atoms. The molecule has 1 heterocycles. The van der Waals surface area contributed by atoms with Gasteiger partial charge in [0.25, 0.3) is 0 Å². The van der Waals surface area contributed by atoms with Gasteiger partial charge in [-0.05, 0) is 42.2 Å². The average Bonchev–Trinajstić information content (AvgIpc) is 2.95. The van der Waals surface area contributed by atoms with E-state index in [1.165, 1.54) is 27.8 Å². The Labute approximate surface area is 136 Å². The number of hydrogen-bond donors (Lipinski definition) is 0. The van der Waals surface area contributed by atoms with E-state index in [1.54, 1.807) is 0 Å². The van der Waals surface area contributed by atoms with E-state index >= 15 is 0 Å². The predicted octanol–water partition coefficient (Wildman–Crippen LogP) is 5.88. The Morgan fingerprint density at radius 3 is 2.65 bits per heavy atom. The predicted molar refractivity (Wildman–Crippen MR) is 101 cm³/mol. The minimum Gasteiger partial charge on any atom is -0.309 e. The fourth-order valence-electron chi connectivity index (χ4n) is 3.61. The first-order valence-electron chi connectivity index (χ1n) is 8.02. The summed E-state index contributed by atoms with van der Waals surface area (Å²) in [5.41, 5.74) is 7.41. The number of fused-ring (bicyclic) bond motifs is 3. The van der Waals surface area contributed by atoms with E-state index in [1.807, 2.05) is 12.2 Å². The maximum Gasteiger partial charge on any atom is 0.0540 e. The van der Waals surface area contributed by atoms with Crippen LogP contribution in [0.2, 0.25) is 0 Å². The lowest BCUT2D eigenvalue weighted by Crippen LogP contribution is -2.03. The zero-order valence-electron chi connectivity index (χ0n) is 13.1. The van der Waals surface area contributed by atoms with Gasteiger partial charge in [-0.15, -0.1) is 0 Å². The normalized spacial score (nSPS) is 13.0. The number of hydrogen-bond acceptors (Lipinski definition) is 0. The second-order valence-electron chi connectivity index (χ2n) is 5.85.